The molecule has 234 valence electrons. The van der Waals surface area contributed by atoms with Gasteiger partial charge >= 0.3 is 0 Å². The van der Waals surface area contributed by atoms with Crippen molar-refractivity contribution >= 4 is 0 Å². The first-order valence-electron chi connectivity index (χ1n) is 14.7. The van der Waals surface area contributed by atoms with E-state index in [1.807, 2.05) is 6.92 Å². The Morgan fingerprint density at radius 1 is 0.541 bits per heavy atom. The van der Waals surface area contributed by atoms with Crippen LogP contribution in [-0.4, -0.2) is 26.9 Å². The second-order valence-corrected chi connectivity index (χ2v) is 16.6. The van der Waals surface area contributed by atoms with Gasteiger partial charge in [0.25, 0.3) is 0 Å². The first-order chi connectivity index (χ1) is 15.7. The molecule has 0 radical (unpaired) electrons. The maximum Gasteiger partial charge on any atom is 0.0514 e. The predicted molar refractivity (Wildman–Crippen MR) is 177 cm³/mol. The average Bonchev–Trinajstić information content (AvgIpc) is 2.56. The van der Waals surface area contributed by atoms with Crippen molar-refractivity contribution in [2.75, 3.05) is 26.9 Å². The Hall–Kier alpha value is -0.0800. The molecule has 0 N–H and O–H groups in total. The van der Waals surface area contributed by atoms with E-state index in [0.717, 1.165) is 25.7 Å². The quantitative estimate of drug-likeness (QED) is 0.349. The largest absolute Gasteiger partial charge is 0.384 e. The molecule has 0 bridgehead atoms. The molecule has 0 fully saturated rings. The molecule has 0 aliphatic carbocycles. The highest BCUT2D eigenvalue weighted by Crippen LogP contribution is 2.23. The van der Waals surface area contributed by atoms with E-state index >= 15 is 0 Å². The Bertz CT molecular complexity index is 399. The lowest BCUT2D eigenvalue weighted by atomic mass is 9.86. The van der Waals surface area contributed by atoms with Gasteiger partial charge in [0.15, 0.2) is 0 Å². The van der Waals surface area contributed by atoms with Gasteiger partial charge in [-0.2, -0.15) is 0 Å². The van der Waals surface area contributed by atoms with Crippen molar-refractivity contribution < 1.29 is 9.47 Å². The Balaban J connectivity index is -0.0000000809. The zero-order valence-electron chi connectivity index (χ0n) is 29.8. The van der Waals surface area contributed by atoms with E-state index < -0.39 is 0 Å². The van der Waals surface area contributed by atoms with Gasteiger partial charge in [-0.15, -0.1) is 0 Å². The molecule has 0 rings (SSSR count). The number of rotatable bonds is 5. The monoisotopic (exact) mass is 535 g/mol. The Morgan fingerprint density at radius 3 is 0.919 bits per heavy atom. The van der Waals surface area contributed by atoms with Crippen molar-refractivity contribution in [1.29, 1.82) is 0 Å². The number of hydrogen-bond donors (Lipinski definition) is 0. The fourth-order valence-corrected chi connectivity index (χ4v) is 2.82. The first kappa shape index (κ1) is 49.8. The van der Waals surface area contributed by atoms with E-state index in [4.69, 9.17) is 9.47 Å². The lowest BCUT2D eigenvalue weighted by Gasteiger charge is -2.19. The lowest BCUT2D eigenvalue weighted by Crippen LogP contribution is -2.14. The lowest BCUT2D eigenvalue weighted by molar-refractivity contribution is 0.0805. The van der Waals surface area contributed by atoms with Gasteiger partial charge in [-0.25, -0.2) is 0 Å². The molecule has 2 nitrogen and oxygen atoms in total. The van der Waals surface area contributed by atoms with E-state index in [1.165, 1.54) is 25.7 Å². The molecular formula is C35H82O2. The molecule has 0 atom stereocenters. The molecule has 0 unspecified atom stereocenters. The second kappa shape index (κ2) is 24.9. The molecule has 37 heavy (non-hydrogen) atoms. The van der Waals surface area contributed by atoms with Crippen LogP contribution in [0.1, 0.15) is 172 Å². The highest BCUT2D eigenvalue weighted by atomic mass is 16.5. The van der Waals surface area contributed by atoms with Crippen molar-refractivity contribution in [2.45, 2.75) is 172 Å². The molecule has 2 heteroatoms. The summed E-state index contributed by atoms with van der Waals surface area (Å²) in [5.74, 6) is 0.843. The highest BCUT2D eigenvalue weighted by molar-refractivity contribution is 4.63. The van der Waals surface area contributed by atoms with Crippen LogP contribution in [0.25, 0.3) is 0 Å². The van der Waals surface area contributed by atoms with Crippen molar-refractivity contribution in [2.24, 2.45) is 33.0 Å². The maximum atomic E-state index is 5.20. The smallest absolute Gasteiger partial charge is 0.0514 e. The summed E-state index contributed by atoms with van der Waals surface area (Å²) >= 11 is 0. The summed E-state index contributed by atoms with van der Waals surface area (Å²) in [5.41, 5.74) is 2.27. The Morgan fingerprint density at radius 2 is 0.892 bits per heavy atom. The van der Waals surface area contributed by atoms with E-state index in [-0.39, 0.29) is 7.43 Å². The third-order valence-electron chi connectivity index (χ3n) is 4.40. The van der Waals surface area contributed by atoms with Crippen LogP contribution in [0.4, 0.5) is 0 Å². The van der Waals surface area contributed by atoms with Crippen LogP contribution in [0.5, 0.6) is 0 Å². The minimum absolute atomic E-state index is 0. The summed E-state index contributed by atoms with van der Waals surface area (Å²) in [7, 11) is 1.73. The van der Waals surface area contributed by atoms with Gasteiger partial charge < -0.3 is 9.47 Å². The summed E-state index contributed by atoms with van der Waals surface area (Å²) in [6, 6.07) is 0. The summed E-state index contributed by atoms with van der Waals surface area (Å²) in [4.78, 5) is 0. The number of hydrogen-bond acceptors (Lipinski definition) is 2. The van der Waals surface area contributed by atoms with Gasteiger partial charge in [0, 0.05) is 13.7 Å². The third kappa shape index (κ3) is 94.4. The third-order valence-corrected chi connectivity index (χ3v) is 4.40. The van der Waals surface area contributed by atoms with E-state index in [2.05, 4.69) is 132 Å². The Labute approximate surface area is 240 Å². The van der Waals surface area contributed by atoms with Crippen LogP contribution in [0.2, 0.25) is 0 Å². The fraction of sp³-hybridized carbons (Fsp3) is 1.00. The van der Waals surface area contributed by atoms with Crippen molar-refractivity contribution in [3.8, 4) is 0 Å². The zero-order chi connectivity index (χ0) is 30.4. The highest BCUT2D eigenvalue weighted by Gasteiger charge is 2.11. The molecule has 0 saturated carbocycles. The second-order valence-electron chi connectivity index (χ2n) is 16.6. The molecule has 0 aliphatic rings. The average molecular weight is 535 g/mol. The summed E-state index contributed by atoms with van der Waals surface area (Å²) in [5, 5.41) is 0. The van der Waals surface area contributed by atoms with Crippen LogP contribution in [0.3, 0.4) is 0 Å². The number of methoxy groups -OCH3 is 1. The normalized spacial score (nSPS) is 11.8. The molecule has 0 saturated heterocycles. The van der Waals surface area contributed by atoms with Crippen molar-refractivity contribution in [3.63, 3.8) is 0 Å². The van der Waals surface area contributed by atoms with Crippen LogP contribution >= 0.6 is 0 Å². The van der Waals surface area contributed by atoms with E-state index in [0.29, 0.717) is 27.1 Å². The molecule has 0 aromatic rings. The Kier molecular flexibility index (Phi) is 33.6. The predicted octanol–water partition coefficient (Wildman–Crippen LogP) is 12.7. The van der Waals surface area contributed by atoms with Gasteiger partial charge in [-0.05, 0) is 52.8 Å². The fourth-order valence-electron chi connectivity index (χ4n) is 2.82. The molecule has 0 aliphatic heterocycles. The zero-order valence-corrected chi connectivity index (χ0v) is 29.8. The maximum absolute atomic E-state index is 5.20. The van der Waals surface area contributed by atoms with E-state index in [1.54, 1.807) is 7.11 Å². The van der Waals surface area contributed by atoms with Crippen LogP contribution in [0.15, 0.2) is 0 Å². The molecule has 0 heterocycles. The van der Waals surface area contributed by atoms with E-state index in [9.17, 15) is 0 Å². The molecule has 0 aromatic heterocycles. The minimum Gasteiger partial charge on any atom is -0.384 e. The molecule has 0 spiro atoms. The van der Waals surface area contributed by atoms with Crippen molar-refractivity contribution in [1.82, 2.24) is 0 Å². The first-order valence-corrected chi connectivity index (χ1v) is 14.7. The van der Waals surface area contributed by atoms with Crippen LogP contribution < -0.4 is 0 Å². The number of ether oxygens (including phenoxy) is 2. The van der Waals surface area contributed by atoms with Gasteiger partial charge in [-0.1, -0.05) is 152 Å². The van der Waals surface area contributed by atoms with Crippen LogP contribution in [0, 0.1) is 33.0 Å². The minimum atomic E-state index is 0. The van der Waals surface area contributed by atoms with Gasteiger partial charge in [0.1, 0.15) is 0 Å². The van der Waals surface area contributed by atoms with Gasteiger partial charge in [0.2, 0.25) is 0 Å². The summed E-state index contributed by atoms with van der Waals surface area (Å²) < 4.78 is 10.1. The van der Waals surface area contributed by atoms with Gasteiger partial charge in [0.05, 0.1) is 13.2 Å². The van der Waals surface area contributed by atoms with Crippen molar-refractivity contribution in [3.05, 3.63) is 0 Å². The molecule has 0 amide bonds. The van der Waals surface area contributed by atoms with Crippen LogP contribution in [-0.2, 0) is 9.47 Å². The SMILES string of the molecule is C.CC(C)CC(C)(C)C.CCC(C)(C)C.CCCC(C)(C)C.CCOCC(C)(C)C.COCC(C)(C)C. The standard InChI is InChI=1S/C8H18.C7H16O.C7H16.C6H14O.C6H14.CH4/c1-7(2)6-8(3,4)5;1-5-8-6-7(2,3)4;1-5-6-7(2,3)4;1-6(2,3)5-7-4;1-5-6(2,3)4;/h7H,6H2,1-5H3;5-6H2,1-4H3;5-6H2,1-4H3;5H2,1-4H3;5H2,1-4H3;1H4. The molecular weight excluding hydrogens is 452 g/mol. The van der Waals surface area contributed by atoms with Gasteiger partial charge in [-0.3, -0.25) is 0 Å². The summed E-state index contributed by atoms with van der Waals surface area (Å²) in [6.07, 6.45) is 5.25. The molecule has 0 aromatic carbocycles. The summed E-state index contributed by atoms with van der Waals surface area (Å²) in [6.45, 7) is 46.9. The topological polar surface area (TPSA) is 18.5 Å².